The Kier molecular flexibility index (Phi) is 2.94. The van der Waals surface area contributed by atoms with E-state index in [-0.39, 0.29) is 0 Å². The quantitative estimate of drug-likeness (QED) is 0.553. The summed E-state index contributed by atoms with van der Waals surface area (Å²) in [5.74, 6) is -0.835. The lowest BCUT2D eigenvalue weighted by molar-refractivity contribution is 0.0978. The largest absolute Gasteiger partial charge is 0.291 e. The topological polar surface area (TPSA) is 17.1 Å². The molecule has 0 aliphatic carbocycles. The van der Waals surface area contributed by atoms with Crippen molar-refractivity contribution in [2.24, 2.45) is 0 Å². The van der Waals surface area contributed by atoms with Crippen molar-refractivity contribution in [2.75, 3.05) is 0 Å². The summed E-state index contributed by atoms with van der Waals surface area (Å²) in [4.78, 5) is 11.4. The second-order valence-electron chi connectivity index (χ2n) is 2.72. The average Bonchev–Trinajstić information content (AvgIpc) is 2.03. The van der Waals surface area contributed by atoms with Crippen LogP contribution in [-0.4, -0.2) is 10.1 Å². The molecule has 1 aromatic carbocycles. The second kappa shape index (κ2) is 3.64. The first kappa shape index (κ1) is 10.5. The van der Waals surface area contributed by atoms with Crippen LogP contribution in [0.2, 0.25) is 0 Å². The van der Waals surface area contributed by atoms with Crippen molar-refractivity contribution in [3.63, 3.8) is 0 Å². The minimum atomic E-state index is -1.46. The molecule has 70 valence electrons. The van der Waals surface area contributed by atoms with Crippen LogP contribution >= 0.6 is 23.2 Å². The Balaban J connectivity index is 2.97. The first-order valence-corrected chi connectivity index (χ1v) is 4.35. The Morgan fingerprint density at radius 1 is 1.31 bits per heavy atom. The Morgan fingerprint density at radius 2 is 1.77 bits per heavy atom. The standard InChI is InChI=1S/C9H7Cl2FO/c1-9(10,11)8(13)6-2-4-7(12)5-3-6/h2-5H,1H3. The number of Topliss-reactive ketones (excluding diaryl/α,β-unsaturated/α-hetero) is 1. The summed E-state index contributed by atoms with van der Waals surface area (Å²) < 4.78 is 11.0. The Morgan fingerprint density at radius 3 is 2.15 bits per heavy atom. The zero-order valence-electron chi connectivity index (χ0n) is 6.85. The van der Waals surface area contributed by atoms with Gasteiger partial charge in [-0.25, -0.2) is 4.39 Å². The van der Waals surface area contributed by atoms with Crippen LogP contribution in [-0.2, 0) is 0 Å². The van der Waals surface area contributed by atoms with Gasteiger partial charge in [-0.05, 0) is 31.2 Å². The van der Waals surface area contributed by atoms with E-state index in [4.69, 9.17) is 23.2 Å². The van der Waals surface area contributed by atoms with Gasteiger partial charge in [0.05, 0.1) is 0 Å². The van der Waals surface area contributed by atoms with E-state index in [1.54, 1.807) is 0 Å². The monoisotopic (exact) mass is 220 g/mol. The number of benzene rings is 1. The molecular formula is C9H7Cl2FO. The van der Waals surface area contributed by atoms with Gasteiger partial charge in [-0.15, -0.1) is 0 Å². The molecule has 0 atom stereocenters. The zero-order chi connectivity index (χ0) is 10.1. The predicted octanol–water partition coefficient (Wildman–Crippen LogP) is 3.20. The summed E-state index contributed by atoms with van der Waals surface area (Å²) in [5.41, 5.74) is 0.300. The van der Waals surface area contributed by atoms with Crippen LogP contribution in [0.4, 0.5) is 4.39 Å². The summed E-state index contributed by atoms with van der Waals surface area (Å²) in [6, 6.07) is 5.07. The van der Waals surface area contributed by atoms with Crippen molar-refractivity contribution in [3.05, 3.63) is 35.6 Å². The second-order valence-corrected chi connectivity index (χ2v) is 4.43. The van der Waals surface area contributed by atoms with E-state index >= 15 is 0 Å². The van der Waals surface area contributed by atoms with E-state index in [0.29, 0.717) is 5.56 Å². The van der Waals surface area contributed by atoms with E-state index in [0.717, 1.165) is 0 Å². The highest BCUT2D eigenvalue weighted by Crippen LogP contribution is 2.24. The third-order valence-electron chi connectivity index (χ3n) is 1.51. The molecule has 0 heterocycles. The zero-order valence-corrected chi connectivity index (χ0v) is 8.36. The molecule has 13 heavy (non-hydrogen) atoms. The van der Waals surface area contributed by atoms with Crippen molar-refractivity contribution in [2.45, 2.75) is 11.3 Å². The Labute approximate surface area is 85.5 Å². The molecule has 1 nitrogen and oxygen atoms in total. The summed E-state index contributed by atoms with van der Waals surface area (Å²) >= 11 is 11.2. The number of ketones is 1. The molecule has 1 rings (SSSR count). The lowest BCUT2D eigenvalue weighted by Gasteiger charge is -2.10. The molecule has 0 N–H and O–H groups in total. The summed E-state index contributed by atoms with van der Waals surface area (Å²) in [5, 5.41) is 0. The fourth-order valence-electron chi connectivity index (χ4n) is 0.855. The minimum Gasteiger partial charge on any atom is -0.291 e. The smallest absolute Gasteiger partial charge is 0.198 e. The molecule has 0 saturated heterocycles. The maximum atomic E-state index is 12.5. The van der Waals surface area contributed by atoms with Crippen LogP contribution in [0, 0.1) is 5.82 Å². The average molecular weight is 221 g/mol. The van der Waals surface area contributed by atoms with Crippen LogP contribution < -0.4 is 0 Å². The first-order chi connectivity index (χ1) is 5.91. The van der Waals surface area contributed by atoms with Crippen LogP contribution in [0.15, 0.2) is 24.3 Å². The molecule has 4 heteroatoms. The van der Waals surface area contributed by atoms with Gasteiger partial charge in [0.25, 0.3) is 0 Å². The van der Waals surface area contributed by atoms with Gasteiger partial charge in [-0.2, -0.15) is 0 Å². The summed E-state index contributed by atoms with van der Waals surface area (Å²) in [6.45, 7) is 1.38. The highest BCUT2D eigenvalue weighted by atomic mass is 35.5. The minimum absolute atomic E-state index is 0.300. The maximum absolute atomic E-state index is 12.5. The highest BCUT2D eigenvalue weighted by Gasteiger charge is 2.28. The van der Waals surface area contributed by atoms with Gasteiger partial charge in [-0.3, -0.25) is 4.79 Å². The van der Waals surface area contributed by atoms with Gasteiger partial charge < -0.3 is 0 Å². The summed E-state index contributed by atoms with van der Waals surface area (Å²) in [7, 11) is 0. The van der Waals surface area contributed by atoms with E-state index < -0.39 is 15.9 Å². The molecule has 1 aromatic rings. The molecule has 0 aliphatic rings. The number of alkyl halides is 2. The van der Waals surface area contributed by atoms with Crippen molar-refractivity contribution in [1.82, 2.24) is 0 Å². The van der Waals surface area contributed by atoms with Gasteiger partial charge in [0, 0.05) is 5.56 Å². The molecule has 0 unspecified atom stereocenters. The first-order valence-electron chi connectivity index (χ1n) is 3.59. The van der Waals surface area contributed by atoms with Gasteiger partial charge in [0.15, 0.2) is 10.1 Å². The third-order valence-corrected chi connectivity index (χ3v) is 1.85. The van der Waals surface area contributed by atoms with Crippen molar-refractivity contribution in [3.8, 4) is 0 Å². The van der Waals surface area contributed by atoms with E-state index in [9.17, 15) is 9.18 Å². The number of halogens is 3. The van der Waals surface area contributed by atoms with Crippen LogP contribution in [0.25, 0.3) is 0 Å². The lowest BCUT2D eigenvalue weighted by Crippen LogP contribution is -2.21. The molecule has 0 amide bonds. The number of carbonyl (C=O) groups is 1. The van der Waals surface area contributed by atoms with Crippen molar-refractivity contribution in [1.29, 1.82) is 0 Å². The van der Waals surface area contributed by atoms with E-state index in [1.807, 2.05) is 0 Å². The van der Waals surface area contributed by atoms with Crippen LogP contribution in [0.3, 0.4) is 0 Å². The molecule has 0 saturated carbocycles. The molecule has 0 spiro atoms. The number of carbonyl (C=O) groups excluding carboxylic acids is 1. The molecule has 0 aliphatic heterocycles. The van der Waals surface area contributed by atoms with Gasteiger partial charge in [0.2, 0.25) is 0 Å². The fourth-order valence-corrected chi connectivity index (χ4v) is 1.07. The number of rotatable bonds is 2. The lowest BCUT2D eigenvalue weighted by atomic mass is 10.1. The number of hydrogen-bond donors (Lipinski definition) is 0. The van der Waals surface area contributed by atoms with Gasteiger partial charge >= 0.3 is 0 Å². The molecule has 0 fully saturated rings. The van der Waals surface area contributed by atoms with Crippen molar-refractivity contribution < 1.29 is 9.18 Å². The van der Waals surface area contributed by atoms with E-state index in [1.165, 1.54) is 31.2 Å². The molecule has 0 radical (unpaired) electrons. The maximum Gasteiger partial charge on any atom is 0.198 e. The third kappa shape index (κ3) is 2.68. The predicted molar refractivity (Wildman–Crippen MR) is 50.8 cm³/mol. The normalized spacial score (nSPS) is 11.4. The van der Waals surface area contributed by atoms with Crippen LogP contribution in [0.5, 0.6) is 0 Å². The molecular weight excluding hydrogens is 214 g/mol. The van der Waals surface area contributed by atoms with E-state index in [2.05, 4.69) is 0 Å². The number of hydrogen-bond acceptors (Lipinski definition) is 1. The Hall–Kier alpha value is -0.600. The van der Waals surface area contributed by atoms with Gasteiger partial charge in [-0.1, -0.05) is 23.2 Å². The highest BCUT2D eigenvalue weighted by molar-refractivity contribution is 6.59. The SMILES string of the molecule is CC(Cl)(Cl)C(=O)c1ccc(F)cc1. The van der Waals surface area contributed by atoms with Gasteiger partial charge in [0.1, 0.15) is 5.82 Å². The van der Waals surface area contributed by atoms with Crippen LogP contribution in [0.1, 0.15) is 17.3 Å². The molecule has 0 bridgehead atoms. The fraction of sp³-hybridized carbons (Fsp3) is 0.222. The molecule has 0 aromatic heterocycles. The van der Waals surface area contributed by atoms with Crippen molar-refractivity contribution >= 4 is 29.0 Å². The summed E-state index contributed by atoms with van der Waals surface area (Å²) in [6.07, 6.45) is 0. The Bertz CT molecular complexity index is 313.